The van der Waals surface area contributed by atoms with Gasteiger partial charge in [-0.1, -0.05) is 49.2 Å². The molecule has 1 heterocycles. The molecule has 0 unspecified atom stereocenters. The maximum atomic E-state index is 6.33. The largest absolute Gasteiger partial charge is 0.354 e. The quantitative estimate of drug-likeness (QED) is 0.487. The summed E-state index contributed by atoms with van der Waals surface area (Å²) < 4.78 is 0. The zero-order valence-corrected chi connectivity index (χ0v) is 17.2. The fourth-order valence-corrected chi connectivity index (χ4v) is 3.71. The number of aromatic nitrogens is 2. The van der Waals surface area contributed by atoms with Crippen LogP contribution in [0.25, 0.3) is 22.0 Å². The second-order valence-electron chi connectivity index (χ2n) is 6.37. The van der Waals surface area contributed by atoms with E-state index in [1.807, 2.05) is 42.6 Å². The highest BCUT2D eigenvalue weighted by Gasteiger charge is 2.09. The number of nitrogens with one attached hydrogen (secondary N) is 1. The van der Waals surface area contributed by atoms with Gasteiger partial charge in [0.15, 0.2) is 0 Å². The molecule has 27 heavy (non-hydrogen) atoms. The molecule has 0 aliphatic carbocycles. The minimum absolute atomic E-state index is 0.634. The third-order valence-corrected chi connectivity index (χ3v) is 5.29. The molecule has 0 fully saturated rings. The Labute approximate surface area is 170 Å². The van der Waals surface area contributed by atoms with Crippen molar-refractivity contribution < 1.29 is 0 Å². The van der Waals surface area contributed by atoms with Gasteiger partial charge in [0.1, 0.15) is 0 Å². The molecular formula is C21H24Cl2N4. The van der Waals surface area contributed by atoms with Crippen LogP contribution >= 0.6 is 23.2 Å². The number of rotatable bonds is 8. The van der Waals surface area contributed by atoms with E-state index in [1.165, 1.54) is 0 Å². The van der Waals surface area contributed by atoms with Crippen molar-refractivity contribution in [1.82, 2.24) is 14.9 Å². The summed E-state index contributed by atoms with van der Waals surface area (Å²) in [6, 6.07) is 11.5. The lowest BCUT2D eigenvalue weighted by Gasteiger charge is -2.17. The number of hydrogen-bond acceptors (Lipinski definition) is 4. The number of fused-ring (bicyclic) bond motifs is 1. The molecule has 0 saturated heterocycles. The van der Waals surface area contributed by atoms with Crippen LogP contribution in [0, 0.1) is 0 Å². The van der Waals surface area contributed by atoms with E-state index in [1.54, 1.807) is 0 Å². The Bertz CT molecular complexity index is 890. The van der Waals surface area contributed by atoms with E-state index in [9.17, 15) is 0 Å². The summed E-state index contributed by atoms with van der Waals surface area (Å²) in [5.41, 5.74) is 2.69. The van der Waals surface area contributed by atoms with Gasteiger partial charge in [0.2, 0.25) is 5.95 Å². The summed E-state index contributed by atoms with van der Waals surface area (Å²) in [6.07, 6.45) is 2.90. The van der Waals surface area contributed by atoms with Crippen molar-refractivity contribution in [3.63, 3.8) is 0 Å². The third-order valence-electron chi connectivity index (χ3n) is 4.66. The molecule has 3 rings (SSSR count). The molecule has 3 aromatic rings. The average molecular weight is 403 g/mol. The number of hydrogen-bond donors (Lipinski definition) is 1. The van der Waals surface area contributed by atoms with E-state index in [0.29, 0.717) is 16.0 Å². The Kier molecular flexibility index (Phi) is 6.89. The van der Waals surface area contributed by atoms with E-state index in [0.717, 1.165) is 54.6 Å². The first-order chi connectivity index (χ1) is 13.1. The second kappa shape index (κ2) is 9.36. The Morgan fingerprint density at radius 1 is 1.04 bits per heavy atom. The number of nitrogens with zero attached hydrogens (tertiary/aromatic N) is 3. The number of benzene rings is 2. The average Bonchev–Trinajstić information content (AvgIpc) is 2.68. The molecule has 0 radical (unpaired) electrons. The fraction of sp³-hybridized carbons (Fsp3) is 0.333. The molecular weight excluding hydrogens is 379 g/mol. The summed E-state index contributed by atoms with van der Waals surface area (Å²) in [5, 5.41) is 5.54. The molecule has 1 N–H and O–H groups in total. The van der Waals surface area contributed by atoms with E-state index in [4.69, 9.17) is 23.2 Å². The maximum Gasteiger partial charge on any atom is 0.223 e. The Morgan fingerprint density at radius 2 is 1.78 bits per heavy atom. The first-order valence-electron chi connectivity index (χ1n) is 9.29. The molecule has 0 bridgehead atoms. The van der Waals surface area contributed by atoms with Crippen LogP contribution in [0.3, 0.4) is 0 Å². The Balaban J connectivity index is 1.72. The third kappa shape index (κ3) is 4.89. The molecule has 6 heteroatoms. The van der Waals surface area contributed by atoms with Gasteiger partial charge in [0, 0.05) is 33.7 Å². The van der Waals surface area contributed by atoms with Gasteiger partial charge < -0.3 is 10.2 Å². The van der Waals surface area contributed by atoms with Crippen LogP contribution in [0.15, 0.2) is 42.6 Å². The van der Waals surface area contributed by atoms with Gasteiger partial charge in [-0.2, -0.15) is 0 Å². The highest BCUT2D eigenvalue weighted by molar-refractivity contribution is 6.39. The summed E-state index contributed by atoms with van der Waals surface area (Å²) in [6.45, 7) is 8.48. The highest BCUT2D eigenvalue weighted by atomic mass is 35.5. The van der Waals surface area contributed by atoms with Crippen molar-refractivity contribution in [3.05, 3.63) is 52.6 Å². The van der Waals surface area contributed by atoms with Crippen LogP contribution in [-0.4, -0.2) is 41.0 Å². The molecule has 0 amide bonds. The molecule has 0 spiro atoms. The molecule has 0 atom stereocenters. The van der Waals surface area contributed by atoms with Crippen molar-refractivity contribution in [2.75, 3.05) is 31.5 Å². The summed E-state index contributed by atoms with van der Waals surface area (Å²) in [5.74, 6) is 0.658. The number of halogens is 2. The van der Waals surface area contributed by atoms with Gasteiger partial charge in [0.25, 0.3) is 0 Å². The van der Waals surface area contributed by atoms with E-state index in [2.05, 4.69) is 34.0 Å². The van der Waals surface area contributed by atoms with Crippen molar-refractivity contribution in [2.45, 2.75) is 20.3 Å². The van der Waals surface area contributed by atoms with Crippen molar-refractivity contribution >= 4 is 40.1 Å². The van der Waals surface area contributed by atoms with E-state index >= 15 is 0 Å². The molecule has 4 nitrogen and oxygen atoms in total. The first kappa shape index (κ1) is 19.9. The van der Waals surface area contributed by atoms with Gasteiger partial charge in [0.05, 0.1) is 5.52 Å². The Hall–Kier alpha value is -1.88. The van der Waals surface area contributed by atoms with Crippen molar-refractivity contribution in [3.8, 4) is 11.1 Å². The van der Waals surface area contributed by atoms with Gasteiger partial charge in [-0.15, -0.1) is 0 Å². The lowest BCUT2D eigenvalue weighted by molar-refractivity contribution is 0.303. The first-order valence-corrected chi connectivity index (χ1v) is 10.1. The molecule has 0 aliphatic heterocycles. The second-order valence-corrected chi connectivity index (χ2v) is 7.19. The van der Waals surface area contributed by atoms with Crippen molar-refractivity contribution in [2.24, 2.45) is 0 Å². The monoisotopic (exact) mass is 402 g/mol. The molecule has 0 saturated carbocycles. The summed E-state index contributed by atoms with van der Waals surface area (Å²) >= 11 is 12.7. The summed E-state index contributed by atoms with van der Waals surface area (Å²) in [4.78, 5) is 11.5. The fourth-order valence-electron chi connectivity index (χ4n) is 3.09. The predicted octanol–water partition coefficient (Wildman–Crippen LogP) is 5.75. The van der Waals surface area contributed by atoms with Crippen LogP contribution in [0.2, 0.25) is 10.0 Å². The lowest BCUT2D eigenvalue weighted by Crippen LogP contribution is -2.25. The van der Waals surface area contributed by atoms with Crippen LogP contribution in [0.5, 0.6) is 0 Å². The van der Waals surface area contributed by atoms with Crippen LogP contribution in [-0.2, 0) is 0 Å². The smallest absolute Gasteiger partial charge is 0.223 e. The topological polar surface area (TPSA) is 41.0 Å². The molecule has 1 aromatic heterocycles. The van der Waals surface area contributed by atoms with Gasteiger partial charge in [-0.3, -0.25) is 0 Å². The van der Waals surface area contributed by atoms with Crippen LogP contribution in [0.4, 0.5) is 5.95 Å². The number of anilines is 1. The van der Waals surface area contributed by atoms with Crippen LogP contribution in [0.1, 0.15) is 20.3 Å². The minimum Gasteiger partial charge on any atom is -0.354 e. The zero-order valence-electron chi connectivity index (χ0n) is 15.7. The highest BCUT2D eigenvalue weighted by Crippen LogP contribution is 2.35. The predicted molar refractivity (Wildman–Crippen MR) is 116 cm³/mol. The maximum absolute atomic E-state index is 6.33. The van der Waals surface area contributed by atoms with E-state index in [-0.39, 0.29) is 0 Å². The van der Waals surface area contributed by atoms with Crippen molar-refractivity contribution in [1.29, 1.82) is 0 Å². The van der Waals surface area contributed by atoms with Gasteiger partial charge in [-0.05, 0) is 55.9 Å². The van der Waals surface area contributed by atoms with Crippen LogP contribution < -0.4 is 5.32 Å². The molecule has 0 aliphatic rings. The normalized spacial score (nSPS) is 11.3. The minimum atomic E-state index is 0.634. The molecule has 142 valence electrons. The van der Waals surface area contributed by atoms with E-state index < -0.39 is 0 Å². The zero-order chi connectivity index (χ0) is 19.2. The SMILES string of the molecule is CCN(CC)CCCNc1ncc2cc(-c3c(Cl)cccc3Cl)ccc2n1. The van der Waals surface area contributed by atoms with Gasteiger partial charge in [-0.25, -0.2) is 9.97 Å². The molecule has 2 aromatic carbocycles. The standard InChI is InChI=1S/C21H24Cl2N4/c1-3-27(4-2)12-6-11-24-21-25-14-16-13-15(9-10-19(16)26-21)20-17(22)7-5-8-18(20)23/h5,7-10,13-14H,3-4,6,11-12H2,1-2H3,(H,24,25,26). The Morgan fingerprint density at radius 3 is 2.48 bits per heavy atom. The lowest BCUT2D eigenvalue weighted by atomic mass is 10.0. The summed E-state index contributed by atoms with van der Waals surface area (Å²) in [7, 11) is 0. The van der Waals surface area contributed by atoms with Gasteiger partial charge >= 0.3 is 0 Å².